The molecule has 1 atom stereocenters. The number of fused-ring (bicyclic) bond motifs is 1. The van der Waals surface area contributed by atoms with Gasteiger partial charge in [0, 0.05) is 11.3 Å². The minimum atomic E-state index is -4.80. The van der Waals surface area contributed by atoms with E-state index >= 15 is 0 Å². The van der Waals surface area contributed by atoms with Gasteiger partial charge < -0.3 is 15.4 Å². The summed E-state index contributed by atoms with van der Waals surface area (Å²) in [6, 6.07) is 13.1. The molecular formula is C20H15F3N4O3. The van der Waals surface area contributed by atoms with Crippen molar-refractivity contribution in [2.24, 2.45) is 0 Å². The van der Waals surface area contributed by atoms with E-state index < -0.39 is 24.1 Å². The lowest BCUT2D eigenvalue weighted by Crippen LogP contribution is -2.35. The molecule has 2 N–H and O–H groups in total. The van der Waals surface area contributed by atoms with E-state index in [0.717, 1.165) is 17.7 Å². The Kier molecular flexibility index (Phi) is 4.90. The lowest BCUT2D eigenvalue weighted by atomic mass is 10.1. The first-order valence-corrected chi connectivity index (χ1v) is 8.89. The van der Waals surface area contributed by atoms with Crippen LogP contribution in [0.5, 0.6) is 5.75 Å². The van der Waals surface area contributed by atoms with Gasteiger partial charge in [0.25, 0.3) is 0 Å². The number of carbonyl (C=O) groups is 2. The lowest BCUT2D eigenvalue weighted by Gasteiger charge is -2.24. The van der Waals surface area contributed by atoms with Crippen molar-refractivity contribution in [3.05, 3.63) is 60.8 Å². The van der Waals surface area contributed by atoms with Gasteiger partial charge in [0.15, 0.2) is 0 Å². The number of amides is 2. The van der Waals surface area contributed by atoms with Gasteiger partial charge in [-0.25, -0.2) is 4.68 Å². The molecule has 10 heteroatoms. The van der Waals surface area contributed by atoms with E-state index in [-0.39, 0.29) is 18.0 Å². The second-order valence-corrected chi connectivity index (χ2v) is 6.55. The first-order chi connectivity index (χ1) is 14.3. The molecule has 154 valence electrons. The van der Waals surface area contributed by atoms with Crippen molar-refractivity contribution in [1.29, 1.82) is 0 Å². The summed E-state index contributed by atoms with van der Waals surface area (Å²) in [5.74, 6) is -0.849. The number of nitrogens with one attached hydrogen (secondary N) is 2. The topological polar surface area (TPSA) is 85.2 Å². The predicted molar refractivity (Wildman–Crippen MR) is 102 cm³/mol. The second-order valence-electron chi connectivity index (χ2n) is 6.55. The molecule has 0 unspecified atom stereocenters. The third-order valence-corrected chi connectivity index (χ3v) is 4.47. The van der Waals surface area contributed by atoms with Gasteiger partial charge in [0.2, 0.25) is 11.8 Å². The van der Waals surface area contributed by atoms with Crippen LogP contribution in [0.25, 0.3) is 11.1 Å². The maximum Gasteiger partial charge on any atom is 0.573 e. The normalized spacial score (nSPS) is 15.8. The molecule has 4 rings (SSSR count). The Morgan fingerprint density at radius 2 is 1.83 bits per heavy atom. The zero-order chi connectivity index (χ0) is 21.3. The third-order valence-electron chi connectivity index (χ3n) is 4.47. The Hall–Kier alpha value is -3.82. The van der Waals surface area contributed by atoms with Crippen LogP contribution in [0.2, 0.25) is 0 Å². The monoisotopic (exact) mass is 416 g/mol. The molecular weight excluding hydrogens is 401 g/mol. The SMILES string of the molecule is O=C1C[C@H](C(=O)Nc2ccc(OC(F)(F)F)cc2)n2ncc(-c3ccccc3)c2N1. The molecule has 7 nitrogen and oxygen atoms in total. The van der Waals surface area contributed by atoms with Gasteiger partial charge in [-0.05, 0) is 29.8 Å². The van der Waals surface area contributed by atoms with Crippen LogP contribution in [0.1, 0.15) is 12.5 Å². The van der Waals surface area contributed by atoms with E-state index in [1.54, 1.807) is 6.20 Å². The first-order valence-electron chi connectivity index (χ1n) is 8.89. The maximum absolute atomic E-state index is 12.8. The number of hydrogen-bond donors (Lipinski definition) is 2. The molecule has 0 saturated carbocycles. The maximum atomic E-state index is 12.8. The Morgan fingerprint density at radius 3 is 2.50 bits per heavy atom. The zero-order valence-corrected chi connectivity index (χ0v) is 15.3. The summed E-state index contributed by atoms with van der Waals surface area (Å²) in [4.78, 5) is 25.0. The Morgan fingerprint density at radius 1 is 1.13 bits per heavy atom. The molecule has 2 aromatic carbocycles. The molecule has 0 spiro atoms. The molecule has 0 aliphatic carbocycles. The molecule has 2 amide bonds. The van der Waals surface area contributed by atoms with E-state index in [2.05, 4.69) is 20.5 Å². The van der Waals surface area contributed by atoms with Crippen molar-refractivity contribution in [1.82, 2.24) is 9.78 Å². The number of alkyl halides is 3. The van der Waals surface area contributed by atoms with Gasteiger partial charge in [-0.15, -0.1) is 13.2 Å². The van der Waals surface area contributed by atoms with E-state index in [4.69, 9.17) is 0 Å². The third kappa shape index (κ3) is 4.12. The van der Waals surface area contributed by atoms with Crippen LogP contribution < -0.4 is 15.4 Å². The highest BCUT2D eigenvalue weighted by atomic mass is 19.4. The van der Waals surface area contributed by atoms with Gasteiger partial charge in [-0.3, -0.25) is 9.59 Å². The molecule has 0 saturated heterocycles. The van der Waals surface area contributed by atoms with Crippen LogP contribution in [-0.2, 0) is 9.59 Å². The fourth-order valence-corrected chi connectivity index (χ4v) is 3.17. The summed E-state index contributed by atoms with van der Waals surface area (Å²) >= 11 is 0. The van der Waals surface area contributed by atoms with Crippen LogP contribution in [-0.4, -0.2) is 28.0 Å². The van der Waals surface area contributed by atoms with Crippen molar-refractivity contribution in [3.8, 4) is 16.9 Å². The standard InChI is InChI=1S/C20H15F3N4O3/c21-20(22,23)30-14-8-6-13(7-9-14)25-19(29)16-10-17(28)26-18-15(11-24-27(16)18)12-4-2-1-3-5-12/h1-9,11,16H,10H2,(H,25,29)(H,26,28)/t16-/m1/s1. The van der Waals surface area contributed by atoms with Crippen molar-refractivity contribution in [2.75, 3.05) is 10.6 Å². The van der Waals surface area contributed by atoms with Crippen LogP contribution >= 0.6 is 0 Å². The van der Waals surface area contributed by atoms with Crippen molar-refractivity contribution >= 4 is 23.3 Å². The molecule has 0 fully saturated rings. The average Bonchev–Trinajstić information content (AvgIpc) is 3.12. The van der Waals surface area contributed by atoms with E-state index in [1.165, 1.54) is 16.8 Å². The highest BCUT2D eigenvalue weighted by Crippen LogP contribution is 2.34. The smallest absolute Gasteiger partial charge is 0.406 e. The Labute approximate surface area is 168 Å². The molecule has 3 aromatic rings. The zero-order valence-electron chi connectivity index (χ0n) is 15.3. The summed E-state index contributed by atoms with van der Waals surface area (Å²) in [5.41, 5.74) is 1.77. The number of halogens is 3. The number of rotatable bonds is 4. The van der Waals surface area contributed by atoms with Crippen molar-refractivity contribution in [2.45, 2.75) is 18.8 Å². The van der Waals surface area contributed by atoms with Gasteiger partial charge in [-0.1, -0.05) is 30.3 Å². The predicted octanol–water partition coefficient (Wildman–Crippen LogP) is 3.97. The molecule has 1 aliphatic rings. The highest BCUT2D eigenvalue weighted by Gasteiger charge is 2.33. The average molecular weight is 416 g/mol. The minimum Gasteiger partial charge on any atom is -0.406 e. The number of anilines is 2. The van der Waals surface area contributed by atoms with E-state index in [9.17, 15) is 22.8 Å². The Bertz CT molecular complexity index is 1080. The fraction of sp³-hybridized carbons (Fsp3) is 0.150. The van der Waals surface area contributed by atoms with Crippen molar-refractivity contribution in [3.63, 3.8) is 0 Å². The fourth-order valence-electron chi connectivity index (χ4n) is 3.17. The van der Waals surface area contributed by atoms with Gasteiger partial charge in [-0.2, -0.15) is 5.10 Å². The van der Waals surface area contributed by atoms with E-state index in [1.807, 2.05) is 30.3 Å². The van der Waals surface area contributed by atoms with Gasteiger partial charge >= 0.3 is 6.36 Å². The number of ether oxygens (including phenoxy) is 1. The number of carbonyl (C=O) groups excluding carboxylic acids is 2. The van der Waals surface area contributed by atoms with Crippen LogP contribution in [0.3, 0.4) is 0 Å². The van der Waals surface area contributed by atoms with Crippen LogP contribution in [0, 0.1) is 0 Å². The molecule has 1 aromatic heterocycles. The lowest BCUT2D eigenvalue weighted by molar-refractivity contribution is -0.274. The first kappa shape index (κ1) is 19.5. The largest absolute Gasteiger partial charge is 0.573 e. The molecule has 0 radical (unpaired) electrons. The van der Waals surface area contributed by atoms with Crippen molar-refractivity contribution < 1.29 is 27.5 Å². The number of benzene rings is 2. The van der Waals surface area contributed by atoms with E-state index in [0.29, 0.717) is 11.4 Å². The van der Waals surface area contributed by atoms with Gasteiger partial charge in [0.1, 0.15) is 17.6 Å². The van der Waals surface area contributed by atoms with Gasteiger partial charge in [0.05, 0.1) is 12.6 Å². The van der Waals surface area contributed by atoms with Crippen LogP contribution in [0.4, 0.5) is 24.7 Å². The minimum absolute atomic E-state index is 0.121. The molecule has 2 heterocycles. The second kappa shape index (κ2) is 7.54. The molecule has 0 bridgehead atoms. The highest BCUT2D eigenvalue weighted by molar-refractivity contribution is 6.03. The summed E-state index contributed by atoms with van der Waals surface area (Å²) in [6.07, 6.45) is -3.35. The summed E-state index contributed by atoms with van der Waals surface area (Å²) in [5, 5.41) is 9.60. The Balaban J connectivity index is 1.54. The molecule has 30 heavy (non-hydrogen) atoms. The van der Waals surface area contributed by atoms with Crippen LogP contribution in [0.15, 0.2) is 60.8 Å². The number of aromatic nitrogens is 2. The number of hydrogen-bond acceptors (Lipinski definition) is 4. The summed E-state index contributed by atoms with van der Waals surface area (Å²) in [6.45, 7) is 0. The summed E-state index contributed by atoms with van der Waals surface area (Å²) in [7, 11) is 0. The summed E-state index contributed by atoms with van der Waals surface area (Å²) < 4.78 is 42.0. The number of nitrogens with zero attached hydrogens (tertiary/aromatic N) is 2. The molecule has 1 aliphatic heterocycles. The quantitative estimate of drug-likeness (QED) is 0.674.